The molecule has 1 aliphatic heterocycles. The Morgan fingerprint density at radius 3 is 2.61 bits per heavy atom. The molecule has 0 aliphatic carbocycles. The maximum absolute atomic E-state index is 6.16. The van der Waals surface area contributed by atoms with Crippen molar-refractivity contribution in [3.05, 3.63) is 52.9 Å². The van der Waals surface area contributed by atoms with Gasteiger partial charge in [0.2, 0.25) is 0 Å². The van der Waals surface area contributed by atoms with Crippen LogP contribution in [0.25, 0.3) is 0 Å². The van der Waals surface area contributed by atoms with Crippen molar-refractivity contribution < 1.29 is 4.52 Å². The molecule has 1 N–H and O–H groups in total. The molecule has 0 spiro atoms. The van der Waals surface area contributed by atoms with Crippen LogP contribution in [0.15, 0.2) is 46.1 Å². The smallest absolute Gasteiger partial charge is 0.193 e. The second-order valence-corrected chi connectivity index (χ2v) is 7.99. The number of benzene rings is 1. The summed E-state index contributed by atoms with van der Waals surface area (Å²) in [5, 5.41) is 8.31. The molecule has 8 heteroatoms. The molecule has 0 atom stereocenters. The third kappa shape index (κ3) is 6.09. The van der Waals surface area contributed by atoms with Crippen LogP contribution in [0, 0.1) is 0 Å². The molecule has 1 aromatic heterocycles. The van der Waals surface area contributed by atoms with E-state index in [-0.39, 0.29) is 29.4 Å². The van der Waals surface area contributed by atoms with Crippen LogP contribution in [0.4, 0.5) is 0 Å². The van der Waals surface area contributed by atoms with E-state index in [4.69, 9.17) is 16.1 Å². The van der Waals surface area contributed by atoms with E-state index in [2.05, 4.69) is 45.2 Å². The molecular formula is C20H29ClIN5O. The third-order valence-corrected chi connectivity index (χ3v) is 5.29. The summed E-state index contributed by atoms with van der Waals surface area (Å²) >= 11 is 6.16. The molecule has 2 heterocycles. The van der Waals surface area contributed by atoms with Crippen molar-refractivity contribution in [3.8, 4) is 0 Å². The van der Waals surface area contributed by atoms with Crippen LogP contribution in [0.3, 0.4) is 0 Å². The fourth-order valence-electron chi connectivity index (χ4n) is 3.31. The number of piperazine rings is 1. The first-order chi connectivity index (χ1) is 13.0. The fourth-order valence-corrected chi connectivity index (χ4v) is 3.50. The number of nitrogens with zero attached hydrogens (tertiary/aromatic N) is 4. The second kappa shape index (κ2) is 10.5. The van der Waals surface area contributed by atoms with Gasteiger partial charge in [-0.3, -0.25) is 9.89 Å². The zero-order valence-corrected chi connectivity index (χ0v) is 19.8. The van der Waals surface area contributed by atoms with Crippen molar-refractivity contribution >= 4 is 41.5 Å². The maximum Gasteiger partial charge on any atom is 0.193 e. The number of hydrogen-bond donors (Lipinski definition) is 1. The number of rotatable bonds is 5. The van der Waals surface area contributed by atoms with Crippen LogP contribution in [-0.2, 0) is 12.0 Å². The zero-order chi connectivity index (χ0) is 19.3. The zero-order valence-electron chi connectivity index (χ0n) is 16.7. The normalized spacial score (nSPS) is 16.0. The van der Waals surface area contributed by atoms with Gasteiger partial charge in [-0.25, -0.2) is 0 Å². The quantitative estimate of drug-likeness (QED) is 0.373. The number of guanidine groups is 1. The van der Waals surface area contributed by atoms with Gasteiger partial charge < -0.3 is 14.7 Å². The first-order valence-corrected chi connectivity index (χ1v) is 9.69. The lowest BCUT2D eigenvalue weighted by Gasteiger charge is -2.37. The van der Waals surface area contributed by atoms with Crippen molar-refractivity contribution in [2.24, 2.45) is 4.99 Å². The molecule has 154 valence electrons. The first-order valence-electron chi connectivity index (χ1n) is 9.31. The minimum absolute atomic E-state index is 0. The highest BCUT2D eigenvalue weighted by Crippen LogP contribution is 2.25. The van der Waals surface area contributed by atoms with Gasteiger partial charge in [-0.15, -0.1) is 24.0 Å². The highest BCUT2D eigenvalue weighted by atomic mass is 127. The molecule has 1 aliphatic rings. The number of nitrogens with one attached hydrogen (secondary N) is 1. The topological polar surface area (TPSA) is 56.9 Å². The van der Waals surface area contributed by atoms with Crippen molar-refractivity contribution in [1.29, 1.82) is 0 Å². The van der Waals surface area contributed by atoms with Crippen molar-refractivity contribution in [1.82, 2.24) is 20.3 Å². The Labute approximate surface area is 189 Å². The van der Waals surface area contributed by atoms with Gasteiger partial charge in [0.15, 0.2) is 5.96 Å². The van der Waals surface area contributed by atoms with E-state index in [1.807, 2.05) is 31.3 Å². The lowest BCUT2D eigenvalue weighted by molar-refractivity contribution is 0.168. The summed E-state index contributed by atoms with van der Waals surface area (Å²) in [5.41, 5.74) is 2.15. The molecule has 0 radical (unpaired) electrons. The second-order valence-electron chi connectivity index (χ2n) is 7.55. The average Bonchev–Trinajstić information content (AvgIpc) is 3.16. The molecule has 0 amide bonds. The van der Waals surface area contributed by atoms with E-state index >= 15 is 0 Å². The van der Waals surface area contributed by atoms with Crippen LogP contribution >= 0.6 is 35.6 Å². The maximum atomic E-state index is 6.16. The van der Waals surface area contributed by atoms with Crippen LogP contribution in [0.1, 0.15) is 25.1 Å². The van der Waals surface area contributed by atoms with Gasteiger partial charge in [-0.2, -0.15) is 0 Å². The standard InChI is InChI=1S/C20H28ClN5O.HI/c1-20(2,16-5-4-6-17(21)13-16)15-23-19(22-3)26-10-8-25(9-11-26)14-18-7-12-27-24-18;/h4-7,12-13H,8-11,14-15H2,1-3H3,(H,22,23);1H. The van der Waals surface area contributed by atoms with E-state index in [1.165, 1.54) is 5.56 Å². The SMILES string of the molecule is CN=C(NCC(C)(C)c1cccc(Cl)c1)N1CCN(Cc2ccon2)CC1.I. The van der Waals surface area contributed by atoms with E-state index in [0.29, 0.717) is 0 Å². The predicted molar refractivity (Wildman–Crippen MR) is 125 cm³/mol. The van der Waals surface area contributed by atoms with Gasteiger partial charge in [-0.05, 0) is 17.7 Å². The van der Waals surface area contributed by atoms with Gasteiger partial charge in [-0.1, -0.05) is 42.7 Å². The molecular weight excluding hydrogens is 489 g/mol. The van der Waals surface area contributed by atoms with Gasteiger partial charge in [0.25, 0.3) is 0 Å². The van der Waals surface area contributed by atoms with Crippen LogP contribution < -0.4 is 5.32 Å². The minimum Gasteiger partial charge on any atom is -0.364 e. The first kappa shape index (κ1) is 23.0. The summed E-state index contributed by atoms with van der Waals surface area (Å²) in [6, 6.07) is 9.99. The monoisotopic (exact) mass is 517 g/mol. The van der Waals surface area contributed by atoms with E-state index in [1.54, 1.807) is 6.26 Å². The number of aromatic nitrogens is 1. The van der Waals surface area contributed by atoms with E-state index in [9.17, 15) is 0 Å². The third-order valence-electron chi connectivity index (χ3n) is 5.06. The van der Waals surface area contributed by atoms with Crippen LogP contribution in [0.2, 0.25) is 5.02 Å². The molecule has 3 rings (SSSR count). The van der Waals surface area contributed by atoms with E-state index < -0.39 is 0 Å². The van der Waals surface area contributed by atoms with Crippen molar-refractivity contribution in [3.63, 3.8) is 0 Å². The summed E-state index contributed by atoms with van der Waals surface area (Å²) in [6.45, 7) is 9.89. The Kier molecular flexibility index (Phi) is 8.57. The lowest BCUT2D eigenvalue weighted by atomic mass is 9.84. The molecule has 2 aromatic rings. The Balaban J connectivity index is 0.00000280. The molecule has 1 aromatic carbocycles. The number of aliphatic imine (C=N–C) groups is 1. The Hall–Kier alpha value is -1.32. The molecule has 1 saturated heterocycles. The largest absolute Gasteiger partial charge is 0.364 e. The van der Waals surface area contributed by atoms with Crippen molar-refractivity contribution in [2.75, 3.05) is 39.8 Å². The van der Waals surface area contributed by atoms with Gasteiger partial charge in [0.05, 0.1) is 5.69 Å². The Morgan fingerprint density at radius 1 is 1.25 bits per heavy atom. The Bertz CT molecular complexity index is 758. The number of halogens is 2. The minimum atomic E-state index is -0.0460. The molecule has 0 bridgehead atoms. The molecule has 0 unspecified atom stereocenters. The van der Waals surface area contributed by atoms with Crippen LogP contribution in [-0.4, -0.2) is 60.7 Å². The van der Waals surface area contributed by atoms with Gasteiger partial charge in [0, 0.05) is 62.8 Å². The van der Waals surface area contributed by atoms with Crippen LogP contribution in [0.5, 0.6) is 0 Å². The average molecular weight is 518 g/mol. The molecule has 6 nitrogen and oxygen atoms in total. The highest BCUT2D eigenvalue weighted by Gasteiger charge is 2.24. The van der Waals surface area contributed by atoms with E-state index in [0.717, 1.165) is 55.9 Å². The lowest BCUT2D eigenvalue weighted by Crippen LogP contribution is -2.53. The fraction of sp³-hybridized carbons (Fsp3) is 0.500. The Morgan fingerprint density at radius 2 is 2.00 bits per heavy atom. The summed E-state index contributed by atoms with van der Waals surface area (Å²) in [7, 11) is 1.84. The van der Waals surface area contributed by atoms with Crippen molar-refractivity contribution in [2.45, 2.75) is 25.8 Å². The van der Waals surface area contributed by atoms with Gasteiger partial charge >= 0.3 is 0 Å². The predicted octanol–water partition coefficient (Wildman–Crippen LogP) is 3.62. The van der Waals surface area contributed by atoms with Gasteiger partial charge in [0.1, 0.15) is 6.26 Å². The molecule has 0 saturated carbocycles. The molecule has 1 fully saturated rings. The summed E-state index contributed by atoms with van der Waals surface area (Å²) < 4.78 is 4.92. The summed E-state index contributed by atoms with van der Waals surface area (Å²) in [6.07, 6.45) is 1.62. The summed E-state index contributed by atoms with van der Waals surface area (Å²) in [4.78, 5) is 9.19. The molecule has 28 heavy (non-hydrogen) atoms. The summed E-state index contributed by atoms with van der Waals surface area (Å²) in [5.74, 6) is 0.950. The highest BCUT2D eigenvalue weighted by molar-refractivity contribution is 14.0. The number of hydrogen-bond acceptors (Lipinski definition) is 4.